The number of nitrogens with zero attached hydrogens (tertiary/aromatic N) is 3. The molecule has 1 amide bonds. The van der Waals surface area contributed by atoms with E-state index in [0.29, 0.717) is 49.3 Å². The summed E-state index contributed by atoms with van der Waals surface area (Å²) in [5.74, 6) is 0.793. The second kappa shape index (κ2) is 12.5. The largest absolute Gasteiger partial charge is 0.383 e. The summed E-state index contributed by atoms with van der Waals surface area (Å²) >= 11 is 0. The summed E-state index contributed by atoms with van der Waals surface area (Å²) in [6, 6.07) is 7.17. The van der Waals surface area contributed by atoms with Crippen molar-refractivity contribution < 1.29 is 9.53 Å². The Balaban J connectivity index is 2.36. The highest BCUT2D eigenvalue weighted by Crippen LogP contribution is 2.25. The van der Waals surface area contributed by atoms with Crippen molar-refractivity contribution in [2.45, 2.75) is 78.3 Å². The van der Waals surface area contributed by atoms with Crippen molar-refractivity contribution in [1.29, 1.82) is 0 Å². The van der Waals surface area contributed by atoms with Crippen LogP contribution in [0, 0.1) is 0 Å². The van der Waals surface area contributed by atoms with Crippen molar-refractivity contribution in [3.63, 3.8) is 0 Å². The van der Waals surface area contributed by atoms with Gasteiger partial charge in [0.2, 0.25) is 5.91 Å². The van der Waals surface area contributed by atoms with Gasteiger partial charge in [0.25, 0.3) is 5.56 Å². The van der Waals surface area contributed by atoms with E-state index in [0.717, 1.165) is 12.8 Å². The first-order valence-corrected chi connectivity index (χ1v) is 11.4. The van der Waals surface area contributed by atoms with E-state index in [9.17, 15) is 9.59 Å². The lowest BCUT2D eigenvalue weighted by Crippen LogP contribution is -2.39. The molecule has 2 aromatic rings. The Morgan fingerprint density at radius 1 is 1.13 bits per heavy atom. The predicted molar refractivity (Wildman–Crippen MR) is 122 cm³/mol. The summed E-state index contributed by atoms with van der Waals surface area (Å²) in [6.45, 7) is 7.66. The standard InChI is InChI=1S/C24H37N3O3/c1-5-8-9-10-11-16-22(28)26(7-3)21(6-2)23-25-20-15-13-12-14-19(20)24(29)27(23)17-18-30-4/h12-15,21H,5-11,16-18H2,1-4H3. The Morgan fingerprint density at radius 3 is 2.53 bits per heavy atom. The lowest BCUT2D eigenvalue weighted by Gasteiger charge is -2.31. The number of carbonyl (C=O) groups is 1. The Hall–Kier alpha value is -2.21. The van der Waals surface area contributed by atoms with Crippen LogP contribution in [0.25, 0.3) is 10.9 Å². The fraction of sp³-hybridized carbons (Fsp3) is 0.625. The number of benzene rings is 1. The van der Waals surface area contributed by atoms with Crippen molar-refractivity contribution >= 4 is 16.8 Å². The second-order valence-corrected chi connectivity index (χ2v) is 7.70. The van der Waals surface area contributed by atoms with Gasteiger partial charge in [-0.25, -0.2) is 4.98 Å². The lowest BCUT2D eigenvalue weighted by molar-refractivity contribution is -0.134. The van der Waals surface area contributed by atoms with Crippen LogP contribution >= 0.6 is 0 Å². The van der Waals surface area contributed by atoms with Crippen LogP contribution in [0.5, 0.6) is 0 Å². The molecule has 0 aliphatic heterocycles. The number of carbonyl (C=O) groups excluding carboxylic acids is 1. The summed E-state index contributed by atoms with van der Waals surface area (Å²) < 4.78 is 6.92. The highest BCUT2D eigenvalue weighted by molar-refractivity contribution is 5.78. The smallest absolute Gasteiger partial charge is 0.261 e. The summed E-state index contributed by atoms with van der Waals surface area (Å²) in [4.78, 5) is 33.0. The van der Waals surface area contributed by atoms with E-state index in [4.69, 9.17) is 9.72 Å². The van der Waals surface area contributed by atoms with Gasteiger partial charge in [0.15, 0.2) is 0 Å². The molecule has 0 spiro atoms. The maximum absolute atomic E-state index is 13.2. The highest BCUT2D eigenvalue weighted by atomic mass is 16.5. The Morgan fingerprint density at radius 2 is 1.87 bits per heavy atom. The lowest BCUT2D eigenvalue weighted by atomic mass is 10.1. The molecule has 2 rings (SSSR count). The quantitative estimate of drug-likeness (QED) is 0.445. The molecule has 0 saturated heterocycles. The highest BCUT2D eigenvalue weighted by Gasteiger charge is 2.27. The van der Waals surface area contributed by atoms with Gasteiger partial charge in [0.05, 0.1) is 30.1 Å². The predicted octanol–water partition coefficient (Wildman–Crippen LogP) is 4.70. The van der Waals surface area contributed by atoms with Crippen LogP contribution in [-0.2, 0) is 16.1 Å². The molecular weight excluding hydrogens is 378 g/mol. The third-order valence-corrected chi connectivity index (χ3v) is 5.63. The van der Waals surface area contributed by atoms with Crippen molar-refractivity contribution in [2.24, 2.45) is 0 Å². The Bertz CT molecular complexity index is 862. The van der Waals surface area contributed by atoms with Crippen molar-refractivity contribution in [2.75, 3.05) is 20.3 Å². The topological polar surface area (TPSA) is 64.4 Å². The summed E-state index contributed by atoms with van der Waals surface area (Å²) in [5.41, 5.74) is 0.599. The molecule has 6 nitrogen and oxygen atoms in total. The minimum atomic E-state index is -0.229. The van der Waals surface area contributed by atoms with Gasteiger partial charge < -0.3 is 9.64 Å². The molecular formula is C24H37N3O3. The monoisotopic (exact) mass is 415 g/mol. The average Bonchev–Trinajstić information content (AvgIpc) is 2.76. The average molecular weight is 416 g/mol. The van der Waals surface area contributed by atoms with Gasteiger partial charge in [-0.15, -0.1) is 0 Å². The van der Waals surface area contributed by atoms with Crippen molar-refractivity contribution in [1.82, 2.24) is 14.5 Å². The summed E-state index contributed by atoms with van der Waals surface area (Å²) in [7, 11) is 1.62. The zero-order valence-electron chi connectivity index (χ0n) is 19.0. The number of hydrogen-bond donors (Lipinski definition) is 0. The fourth-order valence-corrected chi connectivity index (χ4v) is 3.97. The van der Waals surface area contributed by atoms with Crippen LogP contribution in [0.2, 0.25) is 0 Å². The Kier molecular flexibility index (Phi) is 10.0. The van der Waals surface area contributed by atoms with Crippen LogP contribution in [0.15, 0.2) is 29.1 Å². The Labute approximate surface area is 180 Å². The molecule has 0 fully saturated rings. The molecule has 1 atom stereocenters. The number of para-hydroxylation sites is 1. The van der Waals surface area contributed by atoms with Gasteiger partial charge in [-0.3, -0.25) is 14.2 Å². The van der Waals surface area contributed by atoms with Gasteiger partial charge >= 0.3 is 0 Å². The van der Waals surface area contributed by atoms with Crippen molar-refractivity contribution in [3.05, 3.63) is 40.4 Å². The van der Waals surface area contributed by atoms with E-state index in [1.54, 1.807) is 17.7 Å². The summed E-state index contributed by atoms with van der Waals surface area (Å²) in [6.07, 6.45) is 6.83. The maximum Gasteiger partial charge on any atom is 0.261 e. The second-order valence-electron chi connectivity index (χ2n) is 7.70. The number of rotatable bonds is 13. The molecule has 0 aliphatic carbocycles. The SMILES string of the molecule is CCCCCCCC(=O)N(CC)C(CC)c1nc2ccccc2c(=O)n1CCOC. The van der Waals surface area contributed by atoms with E-state index >= 15 is 0 Å². The first-order chi connectivity index (χ1) is 14.6. The molecule has 1 heterocycles. The number of amides is 1. The molecule has 1 aromatic heterocycles. The number of unbranched alkanes of at least 4 members (excludes halogenated alkanes) is 4. The molecule has 0 aliphatic rings. The number of methoxy groups -OCH3 is 1. The number of hydrogen-bond acceptors (Lipinski definition) is 4. The van der Waals surface area contributed by atoms with Gasteiger partial charge in [0.1, 0.15) is 5.82 Å². The van der Waals surface area contributed by atoms with Gasteiger partial charge in [0, 0.05) is 20.1 Å². The van der Waals surface area contributed by atoms with Gasteiger partial charge in [-0.05, 0) is 31.9 Å². The number of ether oxygens (including phenoxy) is 1. The van der Waals surface area contributed by atoms with Crippen LogP contribution < -0.4 is 5.56 Å². The van der Waals surface area contributed by atoms with Crippen LogP contribution in [0.3, 0.4) is 0 Å². The third kappa shape index (κ3) is 5.91. The maximum atomic E-state index is 13.2. The molecule has 6 heteroatoms. The molecule has 1 unspecified atom stereocenters. The zero-order chi connectivity index (χ0) is 21.9. The molecule has 30 heavy (non-hydrogen) atoms. The van der Waals surface area contributed by atoms with Crippen molar-refractivity contribution in [3.8, 4) is 0 Å². The molecule has 0 radical (unpaired) electrons. The molecule has 166 valence electrons. The van der Waals surface area contributed by atoms with E-state index < -0.39 is 0 Å². The molecule has 1 aromatic carbocycles. The minimum Gasteiger partial charge on any atom is -0.383 e. The van der Waals surface area contributed by atoms with E-state index in [-0.39, 0.29) is 17.5 Å². The summed E-state index contributed by atoms with van der Waals surface area (Å²) in [5, 5.41) is 0.595. The van der Waals surface area contributed by atoms with E-state index in [1.807, 2.05) is 36.9 Å². The normalized spacial score (nSPS) is 12.3. The first kappa shape index (κ1) is 24.1. The third-order valence-electron chi connectivity index (χ3n) is 5.63. The zero-order valence-corrected chi connectivity index (χ0v) is 19.0. The van der Waals surface area contributed by atoms with E-state index in [2.05, 4.69) is 6.92 Å². The molecule has 0 saturated carbocycles. The van der Waals surface area contributed by atoms with Gasteiger partial charge in [-0.1, -0.05) is 51.7 Å². The number of fused-ring (bicyclic) bond motifs is 1. The first-order valence-electron chi connectivity index (χ1n) is 11.4. The minimum absolute atomic E-state index is 0.0748. The van der Waals surface area contributed by atoms with E-state index in [1.165, 1.54) is 19.3 Å². The molecule has 0 bridgehead atoms. The van der Waals surface area contributed by atoms with Crippen LogP contribution in [0.4, 0.5) is 0 Å². The fourth-order valence-electron chi connectivity index (χ4n) is 3.97. The van der Waals surface area contributed by atoms with Gasteiger partial charge in [-0.2, -0.15) is 0 Å². The van der Waals surface area contributed by atoms with Crippen LogP contribution in [-0.4, -0.2) is 40.6 Å². The van der Waals surface area contributed by atoms with Crippen LogP contribution in [0.1, 0.15) is 77.6 Å². The number of aromatic nitrogens is 2. The molecule has 0 N–H and O–H groups in total.